The van der Waals surface area contributed by atoms with Crippen LogP contribution < -0.4 is 5.73 Å². The van der Waals surface area contributed by atoms with Crippen molar-refractivity contribution in [1.82, 2.24) is 19.7 Å². The van der Waals surface area contributed by atoms with E-state index in [1.54, 1.807) is 24.3 Å². The van der Waals surface area contributed by atoms with E-state index < -0.39 is 0 Å². The Bertz CT molecular complexity index is 1390. The van der Waals surface area contributed by atoms with Gasteiger partial charge in [0.05, 0.1) is 11.4 Å². The van der Waals surface area contributed by atoms with Gasteiger partial charge in [-0.1, -0.05) is 47.1 Å². The molecule has 0 aliphatic rings. The van der Waals surface area contributed by atoms with E-state index in [9.17, 15) is 4.39 Å². The number of halogens is 1. The zero-order valence-corrected chi connectivity index (χ0v) is 17.1. The molecule has 0 aliphatic carbocycles. The summed E-state index contributed by atoms with van der Waals surface area (Å²) in [5, 5.41) is 4.86. The van der Waals surface area contributed by atoms with Gasteiger partial charge in [-0.2, -0.15) is 0 Å². The van der Waals surface area contributed by atoms with Crippen molar-refractivity contribution in [3.05, 3.63) is 84.3 Å². The highest BCUT2D eigenvalue weighted by Gasteiger charge is 2.22. The lowest BCUT2D eigenvalue weighted by Gasteiger charge is -2.11. The minimum atomic E-state index is -0.344. The van der Waals surface area contributed by atoms with Crippen molar-refractivity contribution in [2.75, 3.05) is 5.73 Å². The number of nitrogens with zero attached hydrogens (tertiary/aromatic N) is 4. The topological polar surface area (TPSA) is 82.8 Å². The fourth-order valence-electron chi connectivity index (χ4n) is 3.77. The number of hydrogen-bond donors (Lipinski definition) is 1. The second-order valence-corrected chi connectivity index (χ2v) is 7.54. The summed E-state index contributed by atoms with van der Waals surface area (Å²) in [6.07, 6.45) is 3.45. The van der Waals surface area contributed by atoms with Gasteiger partial charge in [0.25, 0.3) is 0 Å². The summed E-state index contributed by atoms with van der Waals surface area (Å²) in [5.74, 6) is 0.655. The minimum absolute atomic E-state index is 0.246. The van der Waals surface area contributed by atoms with E-state index in [1.807, 2.05) is 24.6 Å². The molecular weight excluding hydrogens is 393 g/mol. The molecule has 0 fully saturated rings. The standard InChI is InChI=1S/C24H20FN5O/c1-14-7-9-16(10-8-14)18-12-30(24-22(18)23(26)27-13-28-24)15(2)21-11-20(29-31-21)17-5-3-4-6-19(17)25/h3-13,15H,1-2H3,(H2,26,27,28). The van der Waals surface area contributed by atoms with Gasteiger partial charge in [0.15, 0.2) is 5.76 Å². The highest BCUT2D eigenvalue weighted by Crippen LogP contribution is 2.36. The average molecular weight is 413 g/mol. The number of aryl methyl sites for hydroxylation is 1. The number of rotatable bonds is 4. The van der Waals surface area contributed by atoms with Crippen molar-refractivity contribution >= 4 is 16.9 Å². The van der Waals surface area contributed by atoms with Gasteiger partial charge in [0.2, 0.25) is 0 Å². The number of aromatic nitrogens is 4. The van der Waals surface area contributed by atoms with Crippen molar-refractivity contribution in [1.29, 1.82) is 0 Å². The molecule has 3 heterocycles. The summed E-state index contributed by atoms with van der Waals surface area (Å²) in [5.41, 5.74) is 10.9. The van der Waals surface area contributed by atoms with Crippen LogP contribution in [0.2, 0.25) is 0 Å². The molecule has 0 spiro atoms. The van der Waals surface area contributed by atoms with Crippen LogP contribution in [0.3, 0.4) is 0 Å². The zero-order valence-electron chi connectivity index (χ0n) is 17.1. The summed E-state index contributed by atoms with van der Waals surface area (Å²) in [6.45, 7) is 4.02. The number of nitrogen functional groups attached to an aromatic ring is 1. The summed E-state index contributed by atoms with van der Waals surface area (Å²) >= 11 is 0. The van der Waals surface area contributed by atoms with Gasteiger partial charge in [-0.3, -0.25) is 0 Å². The fourth-order valence-corrected chi connectivity index (χ4v) is 3.77. The lowest BCUT2D eigenvalue weighted by atomic mass is 10.0. The average Bonchev–Trinajstić information content (AvgIpc) is 3.40. The molecule has 0 radical (unpaired) electrons. The molecule has 7 heteroatoms. The summed E-state index contributed by atoms with van der Waals surface area (Å²) < 4.78 is 21.7. The van der Waals surface area contributed by atoms with E-state index in [0.717, 1.165) is 16.5 Å². The smallest absolute Gasteiger partial charge is 0.159 e. The maximum atomic E-state index is 14.2. The first-order valence-electron chi connectivity index (χ1n) is 9.92. The molecule has 1 atom stereocenters. The molecule has 0 saturated carbocycles. The van der Waals surface area contributed by atoms with E-state index in [1.165, 1.54) is 18.0 Å². The van der Waals surface area contributed by atoms with Crippen molar-refractivity contribution in [2.45, 2.75) is 19.9 Å². The van der Waals surface area contributed by atoms with Gasteiger partial charge < -0.3 is 14.8 Å². The predicted molar refractivity (Wildman–Crippen MR) is 118 cm³/mol. The van der Waals surface area contributed by atoms with Gasteiger partial charge in [-0.05, 0) is 31.5 Å². The van der Waals surface area contributed by atoms with Crippen LogP contribution in [-0.4, -0.2) is 19.7 Å². The lowest BCUT2D eigenvalue weighted by Crippen LogP contribution is -2.05. The largest absolute Gasteiger partial charge is 0.383 e. The van der Waals surface area contributed by atoms with Crippen molar-refractivity contribution in [3.63, 3.8) is 0 Å². The van der Waals surface area contributed by atoms with Crippen LogP contribution in [0.25, 0.3) is 33.4 Å². The third-order valence-corrected chi connectivity index (χ3v) is 5.51. The van der Waals surface area contributed by atoms with Gasteiger partial charge in [0, 0.05) is 23.4 Å². The highest BCUT2D eigenvalue weighted by atomic mass is 19.1. The van der Waals surface area contributed by atoms with E-state index in [0.29, 0.717) is 28.5 Å². The molecule has 5 aromatic rings. The van der Waals surface area contributed by atoms with E-state index in [2.05, 4.69) is 39.4 Å². The monoisotopic (exact) mass is 413 g/mol. The molecule has 6 nitrogen and oxygen atoms in total. The summed E-state index contributed by atoms with van der Waals surface area (Å²) in [7, 11) is 0. The molecule has 1 unspecified atom stereocenters. The fraction of sp³-hybridized carbons (Fsp3) is 0.125. The second kappa shape index (κ2) is 7.36. The molecule has 31 heavy (non-hydrogen) atoms. The Labute approximate surface area is 178 Å². The van der Waals surface area contributed by atoms with E-state index >= 15 is 0 Å². The predicted octanol–water partition coefficient (Wildman–Crippen LogP) is 5.39. The van der Waals surface area contributed by atoms with Gasteiger partial charge in [-0.15, -0.1) is 0 Å². The Morgan fingerprint density at radius 3 is 2.58 bits per heavy atom. The molecular formula is C24H20FN5O. The van der Waals surface area contributed by atoms with Crippen LogP contribution in [0.15, 0.2) is 71.6 Å². The van der Waals surface area contributed by atoms with Crippen LogP contribution in [0.5, 0.6) is 0 Å². The molecule has 5 rings (SSSR count). The number of anilines is 1. The molecule has 3 aromatic heterocycles. The number of fused-ring (bicyclic) bond motifs is 1. The van der Waals surface area contributed by atoms with Crippen LogP contribution in [0.1, 0.15) is 24.3 Å². The third-order valence-electron chi connectivity index (χ3n) is 5.51. The van der Waals surface area contributed by atoms with Gasteiger partial charge >= 0.3 is 0 Å². The Morgan fingerprint density at radius 2 is 1.81 bits per heavy atom. The first kappa shape index (κ1) is 19.0. The highest BCUT2D eigenvalue weighted by molar-refractivity contribution is 6.00. The first-order chi connectivity index (χ1) is 15.0. The second-order valence-electron chi connectivity index (χ2n) is 7.54. The molecule has 0 aliphatic heterocycles. The summed E-state index contributed by atoms with van der Waals surface area (Å²) in [4.78, 5) is 8.67. The van der Waals surface area contributed by atoms with Gasteiger partial charge in [0.1, 0.15) is 29.3 Å². The molecule has 154 valence electrons. The van der Waals surface area contributed by atoms with Crippen LogP contribution in [0.4, 0.5) is 10.2 Å². The Morgan fingerprint density at radius 1 is 1.03 bits per heavy atom. The van der Waals surface area contributed by atoms with Crippen LogP contribution in [0, 0.1) is 12.7 Å². The van der Waals surface area contributed by atoms with Crippen LogP contribution in [-0.2, 0) is 0 Å². The molecule has 0 saturated heterocycles. The summed E-state index contributed by atoms with van der Waals surface area (Å²) in [6, 6.07) is 16.2. The quantitative estimate of drug-likeness (QED) is 0.427. The SMILES string of the molecule is Cc1ccc(-c2cn(C(C)c3cc(-c4ccccc4F)no3)c3ncnc(N)c23)cc1. The van der Waals surface area contributed by atoms with Crippen LogP contribution >= 0.6 is 0 Å². The number of hydrogen-bond acceptors (Lipinski definition) is 5. The van der Waals surface area contributed by atoms with Crippen molar-refractivity contribution < 1.29 is 8.91 Å². The van der Waals surface area contributed by atoms with E-state index in [4.69, 9.17) is 10.3 Å². The maximum absolute atomic E-state index is 14.2. The Hall–Kier alpha value is -4.00. The Kier molecular flexibility index (Phi) is 4.51. The third kappa shape index (κ3) is 3.24. The number of nitrogens with two attached hydrogens (primary N) is 1. The lowest BCUT2D eigenvalue weighted by molar-refractivity contribution is 0.356. The van der Waals surface area contributed by atoms with Crippen molar-refractivity contribution in [2.24, 2.45) is 0 Å². The van der Waals surface area contributed by atoms with E-state index in [-0.39, 0.29) is 11.9 Å². The maximum Gasteiger partial charge on any atom is 0.159 e. The normalized spacial score (nSPS) is 12.4. The number of benzene rings is 2. The molecule has 0 amide bonds. The minimum Gasteiger partial charge on any atom is -0.383 e. The zero-order chi connectivity index (χ0) is 21.5. The Balaban J connectivity index is 1.62. The van der Waals surface area contributed by atoms with Gasteiger partial charge in [-0.25, -0.2) is 14.4 Å². The molecule has 0 bridgehead atoms. The first-order valence-corrected chi connectivity index (χ1v) is 9.92. The van der Waals surface area contributed by atoms with Crippen molar-refractivity contribution in [3.8, 4) is 22.4 Å². The molecule has 2 N–H and O–H groups in total. The molecule has 2 aromatic carbocycles.